The first-order chi connectivity index (χ1) is 16.0. The molecular formula is C27H28F3N3O. The van der Waals surface area contributed by atoms with E-state index < -0.39 is 17.8 Å². The van der Waals surface area contributed by atoms with E-state index >= 15 is 0 Å². The maximum Gasteiger partial charge on any atom is 0.416 e. The molecule has 0 saturated heterocycles. The number of amides is 2. The second-order valence-corrected chi connectivity index (χ2v) is 9.53. The molecule has 3 aromatic rings. The summed E-state index contributed by atoms with van der Waals surface area (Å²) < 4.78 is 40.6. The van der Waals surface area contributed by atoms with Crippen LogP contribution in [0.25, 0.3) is 5.57 Å². The summed E-state index contributed by atoms with van der Waals surface area (Å²) in [6.07, 6.45) is -0.873. The van der Waals surface area contributed by atoms with Gasteiger partial charge in [0.15, 0.2) is 0 Å². The molecule has 34 heavy (non-hydrogen) atoms. The van der Waals surface area contributed by atoms with Crippen molar-refractivity contribution in [1.29, 1.82) is 0 Å². The molecule has 0 saturated carbocycles. The van der Waals surface area contributed by atoms with E-state index in [-0.39, 0.29) is 5.41 Å². The first kappa shape index (κ1) is 23.7. The molecule has 2 N–H and O–H groups in total. The van der Waals surface area contributed by atoms with Crippen LogP contribution in [0.4, 0.5) is 23.7 Å². The molecule has 1 aromatic heterocycles. The van der Waals surface area contributed by atoms with Crippen LogP contribution in [-0.2, 0) is 18.1 Å². The van der Waals surface area contributed by atoms with E-state index in [1.165, 1.54) is 17.7 Å². The Balaban J connectivity index is 1.63. The zero-order valence-corrected chi connectivity index (χ0v) is 19.5. The average molecular weight is 468 g/mol. The standard InChI is InChI=1S/C27H28F3N3O/c1-26(2,3)19-10-8-18(9-11-19)24-22(6-4-16-33-17-5-7-23(24)33)32-25(34)31-21-14-12-20(13-15-21)27(28,29)30/h5,7-15,17H,4,6,16H2,1-3H3,(H2,31,32,34). The highest BCUT2D eigenvalue weighted by atomic mass is 19.4. The van der Waals surface area contributed by atoms with Gasteiger partial charge in [0, 0.05) is 29.7 Å². The van der Waals surface area contributed by atoms with Gasteiger partial charge in [-0.1, -0.05) is 45.0 Å². The van der Waals surface area contributed by atoms with Crippen molar-refractivity contribution in [1.82, 2.24) is 9.88 Å². The number of aryl methyl sites for hydroxylation is 1. The molecule has 4 rings (SSSR count). The van der Waals surface area contributed by atoms with Gasteiger partial charge in [-0.2, -0.15) is 13.2 Å². The molecule has 2 amide bonds. The quantitative estimate of drug-likeness (QED) is 0.421. The summed E-state index contributed by atoms with van der Waals surface area (Å²) in [6.45, 7) is 7.32. The number of anilines is 1. The van der Waals surface area contributed by atoms with Gasteiger partial charge < -0.3 is 15.2 Å². The van der Waals surface area contributed by atoms with Gasteiger partial charge in [0.05, 0.1) is 11.3 Å². The summed E-state index contributed by atoms with van der Waals surface area (Å²) in [5, 5.41) is 5.62. The van der Waals surface area contributed by atoms with Crippen LogP contribution in [0, 0.1) is 0 Å². The third-order valence-electron chi connectivity index (χ3n) is 5.99. The highest BCUT2D eigenvalue weighted by Crippen LogP contribution is 2.33. The number of halogens is 3. The molecule has 2 aromatic carbocycles. The van der Waals surface area contributed by atoms with E-state index in [2.05, 4.69) is 60.2 Å². The zero-order chi connectivity index (χ0) is 24.5. The number of hydrogen-bond acceptors (Lipinski definition) is 1. The van der Waals surface area contributed by atoms with Crippen LogP contribution in [0.1, 0.15) is 56.0 Å². The predicted molar refractivity (Wildman–Crippen MR) is 128 cm³/mol. The van der Waals surface area contributed by atoms with E-state index in [9.17, 15) is 18.0 Å². The van der Waals surface area contributed by atoms with Gasteiger partial charge in [0.25, 0.3) is 0 Å². The van der Waals surface area contributed by atoms with Gasteiger partial charge >= 0.3 is 12.2 Å². The smallest absolute Gasteiger partial charge is 0.347 e. The number of nitrogens with zero attached hydrogens (tertiary/aromatic N) is 1. The first-order valence-corrected chi connectivity index (χ1v) is 11.3. The number of carbonyl (C=O) groups excluding carboxylic acids is 1. The fourth-order valence-electron chi connectivity index (χ4n) is 4.17. The average Bonchev–Trinajstić information content (AvgIpc) is 3.14. The lowest BCUT2D eigenvalue weighted by Gasteiger charge is -2.20. The third-order valence-corrected chi connectivity index (χ3v) is 5.99. The van der Waals surface area contributed by atoms with Crippen LogP contribution in [0.15, 0.2) is 72.6 Å². The molecule has 4 nitrogen and oxygen atoms in total. The fraction of sp³-hybridized carbons (Fsp3) is 0.296. The summed E-state index contributed by atoms with van der Waals surface area (Å²) in [7, 11) is 0. The van der Waals surface area contributed by atoms with Crippen LogP contribution < -0.4 is 10.6 Å². The molecule has 0 bridgehead atoms. The van der Waals surface area contributed by atoms with Crippen molar-refractivity contribution in [3.63, 3.8) is 0 Å². The van der Waals surface area contributed by atoms with E-state index in [1.54, 1.807) is 0 Å². The third kappa shape index (κ3) is 5.19. The normalized spacial score (nSPS) is 14.4. The van der Waals surface area contributed by atoms with Crippen molar-refractivity contribution in [2.45, 2.75) is 51.7 Å². The van der Waals surface area contributed by atoms with Crippen molar-refractivity contribution >= 4 is 17.3 Å². The van der Waals surface area contributed by atoms with Gasteiger partial charge in [-0.25, -0.2) is 4.79 Å². The van der Waals surface area contributed by atoms with Crippen molar-refractivity contribution in [2.75, 3.05) is 5.32 Å². The topological polar surface area (TPSA) is 46.1 Å². The maximum absolute atomic E-state index is 12.8. The van der Waals surface area contributed by atoms with Crippen LogP contribution in [0.5, 0.6) is 0 Å². The Hall–Kier alpha value is -3.48. The number of alkyl halides is 3. The molecule has 2 heterocycles. The van der Waals surface area contributed by atoms with Gasteiger partial charge in [-0.05, 0) is 65.8 Å². The molecule has 0 unspecified atom stereocenters. The lowest BCUT2D eigenvalue weighted by atomic mass is 9.86. The summed E-state index contributed by atoms with van der Waals surface area (Å²) in [6, 6.07) is 16.3. The molecule has 178 valence electrons. The Morgan fingerprint density at radius 1 is 0.882 bits per heavy atom. The minimum atomic E-state index is -4.42. The number of aromatic nitrogens is 1. The van der Waals surface area contributed by atoms with Crippen molar-refractivity contribution in [3.05, 3.63) is 94.9 Å². The zero-order valence-electron chi connectivity index (χ0n) is 19.5. The number of urea groups is 1. The van der Waals surface area contributed by atoms with Crippen molar-refractivity contribution in [2.24, 2.45) is 0 Å². The largest absolute Gasteiger partial charge is 0.416 e. The number of carbonyl (C=O) groups is 1. The van der Waals surface area contributed by atoms with E-state index in [1.807, 2.05) is 18.3 Å². The Labute approximate surface area is 197 Å². The van der Waals surface area contributed by atoms with E-state index in [0.717, 1.165) is 47.6 Å². The summed E-state index contributed by atoms with van der Waals surface area (Å²) in [4.78, 5) is 12.8. The molecule has 1 aliphatic heterocycles. The van der Waals surface area contributed by atoms with Crippen molar-refractivity contribution in [3.8, 4) is 0 Å². The predicted octanol–water partition coefficient (Wildman–Crippen LogP) is 7.18. The van der Waals surface area contributed by atoms with E-state index in [0.29, 0.717) is 12.1 Å². The minimum Gasteiger partial charge on any atom is -0.347 e. The van der Waals surface area contributed by atoms with Crippen LogP contribution in [-0.4, -0.2) is 10.6 Å². The highest BCUT2D eigenvalue weighted by Gasteiger charge is 2.30. The number of allylic oxidation sites excluding steroid dienone is 1. The number of benzene rings is 2. The Bertz CT molecular complexity index is 1200. The Morgan fingerprint density at radius 3 is 2.15 bits per heavy atom. The van der Waals surface area contributed by atoms with Crippen LogP contribution >= 0.6 is 0 Å². The van der Waals surface area contributed by atoms with Gasteiger partial charge in [0.1, 0.15) is 0 Å². The molecule has 7 heteroatoms. The lowest BCUT2D eigenvalue weighted by molar-refractivity contribution is -0.137. The molecular weight excluding hydrogens is 439 g/mol. The van der Waals surface area contributed by atoms with Gasteiger partial charge in [-0.3, -0.25) is 0 Å². The Morgan fingerprint density at radius 2 is 1.53 bits per heavy atom. The molecule has 1 aliphatic rings. The molecule has 0 fully saturated rings. The number of hydrogen-bond donors (Lipinski definition) is 2. The second kappa shape index (κ2) is 9.05. The van der Waals surface area contributed by atoms with Crippen LogP contribution in [0.3, 0.4) is 0 Å². The SMILES string of the molecule is CC(C)(C)c1ccc(C2=C(NC(=O)Nc3ccc(C(F)(F)F)cc3)CCCn3cccc32)cc1. The lowest BCUT2D eigenvalue weighted by Crippen LogP contribution is -2.29. The summed E-state index contributed by atoms with van der Waals surface area (Å²) in [5.74, 6) is 0. The van der Waals surface area contributed by atoms with E-state index in [4.69, 9.17) is 0 Å². The summed E-state index contributed by atoms with van der Waals surface area (Å²) >= 11 is 0. The monoisotopic (exact) mass is 467 g/mol. The maximum atomic E-state index is 12.8. The summed E-state index contributed by atoms with van der Waals surface area (Å²) in [5.41, 5.74) is 4.53. The molecule has 0 radical (unpaired) electrons. The Kier molecular flexibility index (Phi) is 6.30. The molecule has 0 atom stereocenters. The second-order valence-electron chi connectivity index (χ2n) is 9.53. The number of fused-ring (bicyclic) bond motifs is 1. The fourth-order valence-corrected chi connectivity index (χ4v) is 4.17. The molecule has 0 spiro atoms. The molecule has 0 aliphatic carbocycles. The first-order valence-electron chi connectivity index (χ1n) is 11.3. The minimum absolute atomic E-state index is 0.0270. The highest BCUT2D eigenvalue weighted by molar-refractivity contribution is 5.93. The van der Waals surface area contributed by atoms with Crippen molar-refractivity contribution < 1.29 is 18.0 Å². The van der Waals surface area contributed by atoms with Gasteiger partial charge in [0.2, 0.25) is 0 Å². The number of nitrogens with one attached hydrogen (secondary N) is 2. The van der Waals surface area contributed by atoms with Gasteiger partial charge in [-0.15, -0.1) is 0 Å². The number of rotatable bonds is 3. The van der Waals surface area contributed by atoms with Crippen LogP contribution in [0.2, 0.25) is 0 Å².